The van der Waals surface area contributed by atoms with Gasteiger partial charge in [-0.05, 0) is 0 Å². The summed E-state index contributed by atoms with van der Waals surface area (Å²) in [5.41, 5.74) is 0. The zero-order valence-electron chi connectivity index (χ0n) is 18.1. The van der Waals surface area contributed by atoms with Crippen LogP contribution in [0.2, 0.25) is 0 Å². The maximum absolute atomic E-state index is 9.35. The summed E-state index contributed by atoms with van der Waals surface area (Å²) in [6, 6.07) is 0. The molecular weight excluding hydrogens is 636 g/mol. The Morgan fingerprint density at radius 3 is 1.29 bits per heavy atom. The minimum absolute atomic E-state index is 0.00614. The topological polar surface area (TPSA) is 226 Å². The summed E-state index contributed by atoms with van der Waals surface area (Å²) in [6.45, 7) is 2.40. The minimum atomic E-state index is -2.14. The molecule has 6 atom stereocenters. The Morgan fingerprint density at radius 2 is 0.914 bits per heavy atom. The Hall–Kier alpha value is 2.00. The molecule has 0 aromatic carbocycles. The Kier molecular flexibility index (Phi) is 20.0. The summed E-state index contributed by atoms with van der Waals surface area (Å²) in [5.74, 6) is -0.682. The van der Waals surface area contributed by atoms with Crippen molar-refractivity contribution in [1.82, 2.24) is 0 Å². The number of hydrogen-bond donors (Lipinski definition) is 8. The standard InChI is InChI=1S/C12H28O15P4S4/c1-7-8(24-28-32(13)14)11(26-30-34(17)18)10(23-6-5-22-4-3-21-2)12(27-31-35(19)20)9(7)25-29-33(15)16/h7-20H,3-6H2,1-2H3/t7?,8-,9?,10?,11?,12+/m1/s1. The predicted molar refractivity (Wildman–Crippen MR) is 139 cm³/mol. The third-order valence-corrected chi connectivity index (χ3v) is 8.71. The molecule has 0 spiro atoms. The molecule has 23 heteroatoms. The second-order valence-corrected chi connectivity index (χ2v) is 15.5. The van der Waals surface area contributed by atoms with Gasteiger partial charge in [0.2, 0.25) is 0 Å². The van der Waals surface area contributed by atoms with Crippen molar-refractivity contribution in [2.45, 2.75) is 37.4 Å². The molecule has 0 aromatic rings. The third-order valence-electron chi connectivity index (χ3n) is 4.23. The molecule has 4 unspecified atom stereocenters. The van der Waals surface area contributed by atoms with Gasteiger partial charge >= 0.3 is 0 Å². The monoisotopic (exact) mass is 664 g/mol. The van der Waals surface area contributed by atoms with Crippen LogP contribution in [0.5, 0.6) is 0 Å². The second-order valence-electron chi connectivity index (χ2n) is 6.36. The summed E-state index contributed by atoms with van der Waals surface area (Å²) < 4.78 is 113. The molecule has 1 rings (SSSR count). The van der Waals surface area contributed by atoms with Crippen LogP contribution in [0.1, 0.15) is 6.92 Å². The molecule has 1 aliphatic carbocycles. The number of hydrogen-bond acceptors (Lipinski definition) is 7. The molecule has 0 amide bonds. The molecule has 15 nitrogen and oxygen atoms in total. The second kappa shape index (κ2) is 20.0. The molecule has 8 N–H and O–H groups in total. The van der Waals surface area contributed by atoms with E-state index in [1.165, 1.54) is 7.11 Å². The lowest BCUT2D eigenvalue weighted by atomic mass is 9.79. The van der Waals surface area contributed by atoms with E-state index in [4.69, 9.17) is 32.3 Å². The molecule has 0 aliphatic heterocycles. The quantitative estimate of drug-likeness (QED) is 0.0925. The zero-order chi connectivity index (χ0) is 26.4. The van der Waals surface area contributed by atoms with Crippen molar-refractivity contribution in [3.05, 3.63) is 0 Å². The van der Waals surface area contributed by atoms with Crippen molar-refractivity contribution in [2.24, 2.45) is 5.92 Å². The van der Waals surface area contributed by atoms with Crippen LogP contribution in [0, 0.1) is 5.92 Å². The fraction of sp³-hybridized carbons (Fsp3) is 1.00. The average molecular weight is 665 g/mol. The van der Waals surface area contributed by atoms with Crippen LogP contribution >= 0.6 is 30.3 Å². The summed E-state index contributed by atoms with van der Waals surface area (Å²) in [4.78, 5) is 0. The Balaban J connectivity index is 3.38. The van der Waals surface area contributed by atoms with Crippen molar-refractivity contribution in [3.63, 3.8) is 0 Å². The van der Waals surface area contributed by atoms with E-state index in [1.807, 2.05) is 0 Å². The number of rotatable bonds is 15. The van der Waals surface area contributed by atoms with Crippen LogP contribution in [0.3, 0.4) is 0 Å². The van der Waals surface area contributed by atoms with Gasteiger partial charge in [0.05, 0.1) is 26.4 Å². The highest BCUT2D eigenvalue weighted by molar-refractivity contribution is 8.13. The van der Waals surface area contributed by atoms with Crippen molar-refractivity contribution in [1.29, 1.82) is 0 Å². The smallest absolute Gasteiger partial charge is 0.147 e. The van der Waals surface area contributed by atoms with E-state index in [-0.39, 0.29) is 43.5 Å². The Bertz CT molecular complexity index is 693. The van der Waals surface area contributed by atoms with Gasteiger partial charge < -0.3 is 68.7 Å². The van der Waals surface area contributed by atoms with Gasteiger partial charge in [0, 0.05) is 13.0 Å². The summed E-state index contributed by atoms with van der Waals surface area (Å²) in [7, 11) is -7.95. The van der Waals surface area contributed by atoms with Crippen LogP contribution in [-0.4, -0.2) is 100 Å². The van der Waals surface area contributed by atoms with Gasteiger partial charge in [-0.2, -0.15) is 0 Å². The minimum Gasteiger partial charge on any atom is -0.382 e. The fourth-order valence-corrected chi connectivity index (χ4v) is 6.85. The maximum Gasteiger partial charge on any atom is 0.147 e. The highest BCUT2D eigenvalue weighted by Gasteiger charge is 2.53. The summed E-state index contributed by atoms with van der Waals surface area (Å²) in [6.07, 6.45) is -5.25. The molecule has 0 saturated heterocycles. The molecule has 1 fully saturated rings. The van der Waals surface area contributed by atoms with E-state index in [9.17, 15) is 36.4 Å². The van der Waals surface area contributed by atoms with E-state index >= 15 is 0 Å². The Morgan fingerprint density at radius 1 is 0.543 bits per heavy atom. The van der Waals surface area contributed by atoms with E-state index < -0.39 is 79.0 Å². The van der Waals surface area contributed by atoms with Gasteiger partial charge in [-0.25, -0.2) is 0 Å². The van der Waals surface area contributed by atoms with Gasteiger partial charge in [0.15, 0.2) is 0 Å². The molecule has 35 heavy (non-hydrogen) atoms. The first-order chi connectivity index (χ1) is 16.6. The Labute approximate surface area is 217 Å². The molecule has 0 radical (unpaired) electrons. The highest BCUT2D eigenvalue weighted by Crippen LogP contribution is 2.41. The molecule has 0 aromatic heterocycles. The lowest BCUT2D eigenvalue weighted by molar-refractivity contribution is -0.184. The molecule has 0 heterocycles. The molecule has 1 saturated carbocycles. The van der Waals surface area contributed by atoms with E-state index in [1.54, 1.807) is 6.92 Å². The van der Waals surface area contributed by atoms with Crippen LogP contribution in [0.25, 0.3) is 0 Å². The van der Waals surface area contributed by atoms with Gasteiger partial charge in [-0.1, -0.05) is 6.92 Å². The molecule has 210 valence electrons. The van der Waals surface area contributed by atoms with Gasteiger partial charge in [-0.15, -0.1) is 0 Å². The summed E-state index contributed by atoms with van der Waals surface area (Å²) >= 11 is 0. The number of ether oxygens (including phenoxy) is 3. The lowest BCUT2D eigenvalue weighted by Gasteiger charge is -2.46. The third kappa shape index (κ3) is 14.3. The first kappa shape index (κ1) is 35.0. The summed E-state index contributed by atoms with van der Waals surface area (Å²) in [5, 5.41) is 0. The SMILES string of the molecule is COCCOCCOC1C(OP=S(O)O)[C@H](OP=S(O)O)C(C)C(OP=S(O)O)[C@@H]1OP=S(O)O. The maximum atomic E-state index is 9.35. The normalized spacial score (nSPS) is 28.1. The lowest BCUT2D eigenvalue weighted by Crippen LogP contribution is -2.62. The van der Waals surface area contributed by atoms with Crippen LogP contribution < -0.4 is 0 Å². The fourth-order valence-electron chi connectivity index (χ4n) is 2.93. The average Bonchev–Trinajstić information content (AvgIpc) is 2.77. The first-order valence-corrected chi connectivity index (χ1v) is 19.5. The van der Waals surface area contributed by atoms with Crippen molar-refractivity contribution in [3.8, 4) is 0 Å². The van der Waals surface area contributed by atoms with E-state index in [0.717, 1.165) is 0 Å². The number of methoxy groups -OCH3 is 1. The van der Waals surface area contributed by atoms with Gasteiger partial charge in [-0.3, -0.25) is 0 Å². The highest BCUT2D eigenvalue weighted by atomic mass is 32.5. The molecular formula is C12H28O15P4S4. The molecule has 1 aliphatic rings. The van der Waals surface area contributed by atoms with Crippen molar-refractivity contribution >= 4 is 72.9 Å². The van der Waals surface area contributed by atoms with Crippen LogP contribution in [-0.2, 0) is 74.8 Å². The largest absolute Gasteiger partial charge is 0.382 e. The van der Waals surface area contributed by atoms with Crippen LogP contribution in [0.4, 0.5) is 0 Å². The van der Waals surface area contributed by atoms with Gasteiger partial charge in [0.25, 0.3) is 0 Å². The van der Waals surface area contributed by atoms with Gasteiger partial charge in [0.1, 0.15) is 103 Å². The molecule has 0 bridgehead atoms. The van der Waals surface area contributed by atoms with Crippen molar-refractivity contribution < 1.29 is 68.7 Å². The first-order valence-electron chi connectivity index (χ1n) is 9.24. The van der Waals surface area contributed by atoms with E-state index in [0.29, 0.717) is 13.2 Å². The zero-order valence-corrected chi connectivity index (χ0v) is 25.0. The van der Waals surface area contributed by atoms with E-state index in [2.05, 4.69) is 0 Å². The predicted octanol–water partition coefficient (Wildman–Crippen LogP) is 3.59. The van der Waals surface area contributed by atoms with Crippen molar-refractivity contribution in [2.75, 3.05) is 33.5 Å². The van der Waals surface area contributed by atoms with Crippen LogP contribution in [0.15, 0.2) is 0 Å².